The van der Waals surface area contributed by atoms with Gasteiger partial charge in [-0.05, 0) is 36.6 Å². The molecule has 3 rings (SSSR count). The number of carbonyl (C=O) groups excluding carboxylic acids is 2. The maximum absolute atomic E-state index is 12.5. The molecule has 7 nitrogen and oxygen atoms in total. The molecule has 7 heteroatoms. The molecule has 2 amide bonds. The van der Waals surface area contributed by atoms with Gasteiger partial charge in [-0.15, -0.1) is 0 Å². The fourth-order valence-electron chi connectivity index (χ4n) is 3.04. The van der Waals surface area contributed by atoms with Crippen LogP contribution in [0.3, 0.4) is 0 Å². The molecule has 1 unspecified atom stereocenters. The Morgan fingerprint density at radius 1 is 1.11 bits per heavy atom. The number of carboxylic acids is 1. The van der Waals surface area contributed by atoms with Crippen molar-refractivity contribution in [2.75, 3.05) is 11.9 Å². The summed E-state index contributed by atoms with van der Waals surface area (Å²) in [6.07, 6.45) is 1.22. The first kappa shape index (κ1) is 19.6. The van der Waals surface area contributed by atoms with E-state index < -0.39 is 24.0 Å². The zero-order valence-corrected chi connectivity index (χ0v) is 15.3. The van der Waals surface area contributed by atoms with E-state index in [1.54, 1.807) is 18.2 Å². The first-order valence-corrected chi connectivity index (χ1v) is 9.13. The van der Waals surface area contributed by atoms with Crippen LogP contribution in [0, 0.1) is 0 Å². The molecule has 1 fully saturated rings. The number of amides is 2. The Morgan fingerprint density at radius 2 is 1.89 bits per heavy atom. The predicted octanol–water partition coefficient (Wildman–Crippen LogP) is 2.23. The lowest BCUT2D eigenvalue weighted by molar-refractivity contribution is -0.139. The highest BCUT2D eigenvalue weighted by Gasteiger charge is 2.24. The molecule has 0 bridgehead atoms. The molecule has 1 heterocycles. The lowest BCUT2D eigenvalue weighted by Gasteiger charge is -2.15. The molecule has 0 saturated carbocycles. The molecule has 2 aromatic rings. The van der Waals surface area contributed by atoms with Crippen LogP contribution >= 0.6 is 0 Å². The molecule has 28 heavy (non-hydrogen) atoms. The molecule has 0 spiro atoms. The summed E-state index contributed by atoms with van der Waals surface area (Å²) in [6.45, 7) is 0.568. The summed E-state index contributed by atoms with van der Waals surface area (Å²) in [4.78, 5) is 36.2. The van der Waals surface area contributed by atoms with Gasteiger partial charge in [0.1, 0.15) is 12.1 Å². The molecule has 146 valence electrons. The number of benzene rings is 2. The van der Waals surface area contributed by atoms with Crippen LogP contribution in [0.1, 0.15) is 28.8 Å². The monoisotopic (exact) mass is 382 g/mol. The van der Waals surface area contributed by atoms with Crippen molar-refractivity contribution < 1.29 is 24.2 Å². The van der Waals surface area contributed by atoms with Gasteiger partial charge in [0.05, 0.1) is 0 Å². The summed E-state index contributed by atoms with van der Waals surface area (Å²) < 4.78 is 5.34. The number of aliphatic carboxylic acids is 1. The number of rotatable bonds is 7. The Hall–Kier alpha value is -3.19. The topological polar surface area (TPSA) is 105 Å². The molecule has 0 aliphatic carbocycles. The number of carbonyl (C=O) groups is 3. The minimum Gasteiger partial charge on any atom is -0.480 e. The van der Waals surface area contributed by atoms with Crippen LogP contribution in [0.4, 0.5) is 5.69 Å². The second kappa shape index (κ2) is 9.14. The van der Waals surface area contributed by atoms with Crippen LogP contribution < -0.4 is 10.6 Å². The van der Waals surface area contributed by atoms with Crippen molar-refractivity contribution in [2.45, 2.75) is 31.4 Å². The average Bonchev–Trinajstić information content (AvgIpc) is 3.23. The summed E-state index contributed by atoms with van der Waals surface area (Å²) in [6, 6.07) is 14.4. The predicted molar refractivity (Wildman–Crippen MR) is 103 cm³/mol. The van der Waals surface area contributed by atoms with Crippen LogP contribution in [-0.2, 0) is 20.7 Å². The molecular weight excluding hydrogens is 360 g/mol. The molecule has 1 saturated heterocycles. The molecule has 2 aromatic carbocycles. The zero-order chi connectivity index (χ0) is 19.9. The van der Waals surface area contributed by atoms with E-state index in [-0.39, 0.29) is 17.9 Å². The van der Waals surface area contributed by atoms with E-state index in [0.29, 0.717) is 18.7 Å². The third kappa shape index (κ3) is 5.17. The van der Waals surface area contributed by atoms with E-state index in [1.165, 1.54) is 6.07 Å². The smallest absolute Gasteiger partial charge is 0.326 e. The Labute approximate surface area is 162 Å². The number of hydrogen-bond donors (Lipinski definition) is 3. The highest BCUT2D eigenvalue weighted by Crippen LogP contribution is 2.16. The fourth-order valence-corrected chi connectivity index (χ4v) is 3.04. The van der Waals surface area contributed by atoms with Crippen LogP contribution in [0.2, 0.25) is 0 Å². The maximum atomic E-state index is 12.5. The Balaban J connectivity index is 1.65. The first-order chi connectivity index (χ1) is 13.5. The normalized spacial score (nSPS) is 16.9. The van der Waals surface area contributed by atoms with Crippen LogP contribution in [0.25, 0.3) is 0 Å². The van der Waals surface area contributed by atoms with E-state index in [4.69, 9.17) is 4.74 Å². The molecule has 1 aliphatic heterocycles. The first-order valence-electron chi connectivity index (χ1n) is 9.13. The Morgan fingerprint density at radius 3 is 2.57 bits per heavy atom. The number of carboxylic acid groups (broad SMARTS) is 1. The van der Waals surface area contributed by atoms with Gasteiger partial charge in [0.2, 0.25) is 0 Å². The van der Waals surface area contributed by atoms with Gasteiger partial charge in [0.25, 0.3) is 11.8 Å². The molecule has 3 N–H and O–H groups in total. The van der Waals surface area contributed by atoms with Gasteiger partial charge in [-0.2, -0.15) is 0 Å². The van der Waals surface area contributed by atoms with Crippen molar-refractivity contribution in [2.24, 2.45) is 0 Å². The van der Waals surface area contributed by atoms with Gasteiger partial charge >= 0.3 is 5.97 Å². The van der Waals surface area contributed by atoms with Crippen LogP contribution in [0.5, 0.6) is 0 Å². The van der Waals surface area contributed by atoms with E-state index >= 15 is 0 Å². The summed E-state index contributed by atoms with van der Waals surface area (Å²) in [7, 11) is 0. The summed E-state index contributed by atoms with van der Waals surface area (Å²) in [5, 5.41) is 14.7. The highest BCUT2D eigenvalue weighted by atomic mass is 16.5. The molecule has 0 aromatic heterocycles. The minimum atomic E-state index is -1.11. The number of nitrogens with one attached hydrogen (secondary N) is 2. The number of ether oxygens (including phenoxy) is 1. The highest BCUT2D eigenvalue weighted by molar-refractivity contribution is 5.99. The van der Waals surface area contributed by atoms with Crippen molar-refractivity contribution in [3.63, 3.8) is 0 Å². The quantitative estimate of drug-likeness (QED) is 0.681. The van der Waals surface area contributed by atoms with Gasteiger partial charge < -0.3 is 20.5 Å². The third-order valence-corrected chi connectivity index (χ3v) is 4.50. The van der Waals surface area contributed by atoms with E-state index in [2.05, 4.69) is 10.6 Å². The second-order valence-corrected chi connectivity index (χ2v) is 6.63. The number of anilines is 1. The van der Waals surface area contributed by atoms with Crippen molar-refractivity contribution in [1.82, 2.24) is 5.32 Å². The molecule has 0 radical (unpaired) electrons. The fraction of sp³-hybridized carbons (Fsp3) is 0.286. The van der Waals surface area contributed by atoms with Gasteiger partial charge in [-0.25, -0.2) is 4.79 Å². The second-order valence-electron chi connectivity index (χ2n) is 6.63. The van der Waals surface area contributed by atoms with Crippen molar-refractivity contribution in [3.05, 3.63) is 65.7 Å². The molecular formula is C21H22N2O5. The summed E-state index contributed by atoms with van der Waals surface area (Å²) >= 11 is 0. The van der Waals surface area contributed by atoms with Gasteiger partial charge in [-0.3, -0.25) is 9.59 Å². The minimum absolute atomic E-state index is 0.178. The summed E-state index contributed by atoms with van der Waals surface area (Å²) in [5.41, 5.74) is 1.54. The van der Waals surface area contributed by atoms with Gasteiger partial charge in [0.15, 0.2) is 0 Å². The van der Waals surface area contributed by atoms with Crippen LogP contribution in [-0.4, -0.2) is 41.6 Å². The molecule has 2 atom stereocenters. The maximum Gasteiger partial charge on any atom is 0.326 e. The average molecular weight is 382 g/mol. The van der Waals surface area contributed by atoms with Gasteiger partial charge in [0, 0.05) is 24.3 Å². The van der Waals surface area contributed by atoms with Crippen molar-refractivity contribution in [3.8, 4) is 0 Å². The lowest BCUT2D eigenvalue weighted by atomic mass is 10.1. The largest absolute Gasteiger partial charge is 0.480 e. The van der Waals surface area contributed by atoms with E-state index in [1.807, 2.05) is 30.3 Å². The Kier molecular flexibility index (Phi) is 6.39. The third-order valence-electron chi connectivity index (χ3n) is 4.50. The standard InChI is InChI=1S/C21H22N2O5/c24-19(23-17(21(26)27)12-14-6-2-1-3-7-14)15-8-4-9-16(13-15)22-20(25)18-10-5-11-28-18/h1-4,6-9,13,17-18H,5,10-12H2,(H,22,25)(H,23,24)(H,26,27)/t17-,18?/m1/s1. The van der Waals surface area contributed by atoms with Gasteiger partial charge in [-0.1, -0.05) is 36.4 Å². The van der Waals surface area contributed by atoms with Crippen molar-refractivity contribution in [1.29, 1.82) is 0 Å². The SMILES string of the molecule is O=C(N[C@H](Cc1ccccc1)C(=O)O)c1cccc(NC(=O)C2CCCO2)c1. The Bertz CT molecular complexity index is 847. The van der Waals surface area contributed by atoms with Crippen molar-refractivity contribution >= 4 is 23.5 Å². The lowest BCUT2D eigenvalue weighted by Crippen LogP contribution is -2.42. The van der Waals surface area contributed by atoms with Crippen LogP contribution in [0.15, 0.2) is 54.6 Å². The number of hydrogen-bond acceptors (Lipinski definition) is 4. The molecule has 1 aliphatic rings. The van der Waals surface area contributed by atoms with E-state index in [9.17, 15) is 19.5 Å². The zero-order valence-electron chi connectivity index (χ0n) is 15.3. The van der Waals surface area contributed by atoms with E-state index in [0.717, 1.165) is 12.0 Å². The summed E-state index contributed by atoms with van der Waals surface area (Å²) in [5.74, 6) is -1.88.